The molecule has 1 N–H and O–H groups in total. The van der Waals surface area contributed by atoms with E-state index < -0.39 is 5.82 Å². The lowest BCUT2D eigenvalue weighted by Gasteiger charge is -2.34. The molecule has 1 aromatic heterocycles. The molecule has 26 heavy (non-hydrogen) atoms. The third-order valence-electron chi connectivity index (χ3n) is 4.45. The molecule has 0 radical (unpaired) electrons. The summed E-state index contributed by atoms with van der Waals surface area (Å²) in [5, 5.41) is 12.5. The first-order valence-electron chi connectivity index (χ1n) is 8.57. The SMILES string of the molecule is ON=C(CCCN1CCN(c2ncc(F)cn2)CC1)c1ccc(F)cc1. The fourth-order valence-electron chi connectivity index (χ4n) is 3.00. The lowest BCUT2D eigenvalue weighted by Crippen LogP contribution is -2.47. The van der Waals surface area contributed by atoms with Gasteiger partial charge in [0.25, 0.3) is 0 Å². The molecule has 2 aromatic rings. The molecule has 1 aromatic carbocycles. The van der Waals surface area contributed by atoms with Crippen LogP contribution in [-0.2, 0) is 0 Å². The maximum Gasteiger partial charge on any atom is 0.225 e. The summed E-state index contributed by atoms with van der Waals surface area (Å²) in [5.74, 6) is -0.194. The van der Waals surface area contributed by atoms with Crippen LogP contribution in [0.4, 0.5) is 14.7 Å². The van der Waals surface area contributed by atoms with Gasteiger partial charge >= 0.3 is 0 Å². The van der Waals surface area contributed by atoms with Crippen LogP contribution < -0.4 is 4.90 Å². The highest BCUT2D eigenvalue weighted by Crippen LogP contribution is 2.13. The summed E-state index contributed by atoms with van der Waals surface area (Å²) in [5.41, 5.74) is 1.29. The van der Waals surface area contributed by atoms with Gasteiger partial charge in [0.1, 0.15) is 5.82 Å². The second-order valence-electron chi connectivity index (χ2n) is 6.19. The van der Waals surface area contributed by atoms with E-state index in [0.29, 0.717) is 18.1 Å². The summed E-state index contributed by atoms with van der Waals surface area (Å²) in [6, 6.07) is 5.95. The minimum Gasteiger partial charge on any atom is -0.411 e. The molecule has 1 aliphatic rings. The van der Waals surface area contributed by atoms with Crippen LogP contribution in [0, 0.1) is 11.6 Å². The topological polar surface area (TPSA) is 64.9 Å². The summed E-state index contributed by atoms with van der Waals surface area (Å²) in [6.07, 6.45) is 3.81. The van der Waals surface area contributed by atoms with Crippen LogP contribution in [0.25, 0.3) is 0 Å². The Morgan fingerprint density at radius 1 is 1.00 bits per heavy atom. The van der Waals surface area contributed by atoms with Gasteiger partial charge < -0.3 is 10.1 Å². The molecule has 6 nitrogen and oxygen atoms in total. The molecule has 0 unspecified atom stereocenters. The van der Waals surface area contributed by atoms with Crippen molar-refractivity contribution in [2.45, 2.75) is 12.8 Å². The standard InChI is InChI=1S/C18H21F2N5O/c19-15-5-3-14(4-6-15)17(23-26)2-1-7-24-8-10-25(11-9-24)18-21-12-16(20)13-22-18/h3-6,12-13,26H,1-2,7-11H2. The van der Waals surface area contributed by atoms with Crippen LogP contribution in [-0.4, -0.2) is 58.5 Å². The van der Waals surface area contributed by atoms with Crippen LogP contribution in [0.15, 0.2) is 41.8 Å². The number of oxime groups is 1. The highest BCUT2D eigenvalue weighted by atomic mass is 19.1. The third-order valence-corrected chi connectivity index (χ3v) is 4.45. The van der Waals surface area contributed by atoms with Crippen LogP contribution in [0.3, 0.4) is 0 Å². The van der Waals surface area contributed by atoms with Crippen molar-refractivity contribution in [3.05, 3.63) is 53.9 Å². The summed E-state index contributed by atoms with van der Waals surface area (Å²) < 4.78 is 25.9. The van der Waals surface area contributed by atoms with Gasteiger partial charge in [-0.1, -0.05) is 17.3 Å². The summed E-state index contributed by atoms with van der Waals surface area (Å²) in [7, 11) is 0. The molecule has 0 spiro atoms. The van der Waals surface area contributed by atoms with E-state index in [2.05, 4.69) is 20.0 Å². The van der Waals surface area contributed by atoms with Gasteiger partial charge in [-0.3, -0.25) is 4.90 Å². The highest BCUT2D eigenvalue weighted by Gasteiger charge is 2.18. The van der Waals surface area contributed by atoms with Gasteiger partial charge in [0.2, 0.25) is 5.95 Å². The second kappa shape index (κ2) is 8.66. The first kappa shape index (κ1) is 18.2. The minimum absolute atomic E-state index is 0.311. The van der Waals surface area contributed by atoms with Crippen LogP contribution in [0.1, 0.15) is 18.4 Å². The number of aromatic nitrogens is 2. The summed E-state index contributed by atoms with van der Waals surface area (Å²) in [4.78, 5) is 12.4. The summed E-state index contributed by atoms with van der Waals surface area (Å²) >= 11 is 0. The molecule has 2 heterocycles. The van der Waals surface area contributed by atoms with Crippen molar-refractivity contribution in [3.8, 4) is 0 Å². The Kier molecular flexibility index (Phi) is 6.06. The van der Waals surface area contributed by atoms with Crippen molar-refractivity contribution in [3.63, 3.8) is 0 Å². The zero-order valence-electron chi connectivity index (χ0n) is 14.4. The summed E-state index contributed by atoms with van der Waals surface area (Å²) in [6.45, 7) is 4.17. The quantitative estimate of drug-likeness (QED) is 0.487. The number of hydrogen-bond donors (Lipinski definition) is 1. The maximum absolute atomic E-state index is 13.0. The average Bonchev–Trinajstić information content (AvgIpc) is 2.67. The van der Waals surface area contributed by atoms with E-state index in [4.69, 9.17) is 0 Å². The van der Waals surface area contributed by atoms with Gasteiger partial charge in [-0.25, -0.2) is 18.7 Å². The molecular weight excluding hydrogens is 340 g/mol. The van der Waals surface area contributed by atoms with E-state index in [-0.39, 0.29) is 5.82 Å². The van der Waals surface area contributed by atoms with Crippen LogP contribution >= 0.6 is 0 Å². The molecule has 0 aliphatic carbocycles. The Morgan fingerprint density at radius 2 is 1.65 bits per heavy atom. The van der Waals surface area contributed by atoms with Crippen molar-refractivity contribution in [2.75, 3.05) is 37.6 Å². The third kappa shape index (κ3) is 4.72. The predicted molar refractivity (Wildman–Crippen MR) is 94.6 cm³/mol. The maximum atomic E-state index is 13.0. The van der Waals surface area contributed by atoms with Gasteiger partial charge in [-0.15, -0.1) is 0 Å². The van der Waals surface area contributed by atoms with Gasteiger partial charge in [0, 0.05) is 26.2 Å². The number of anilines is 1. The first-order valence-corrected chi connectivity index (χ1v) is 8.57. The number of hydrogen-bond acceptors (Lipinski definition) is 6. The lowest BCUT2D eigenvalue weighted by atomic mass is 10.1. The normalized spacial score (nSPS) is 16.1. The van der Waals surface area contributed by atoms with E-state index in [1.807, 2.05) is 4.90 Å². The van der Waals surface area contributed by atoms with Gasteiger partial charge in [0.05, 0.1) is 18.1 Å². The van der Waals surface area contributed by atoms with Crippen molar-refractivity contribution in [1.82, 2.24) is 14.9 Å². The number of nitrogens with zero attached hydrogens (tertiary/aromatic N) is 5. The van der Waals surface area contributed by atoms with Gasteiger partial charge in [-0.2, -0.15) is 0 Å². The van der Waals surface area contributed by atoms with E-state index in [9.17, 15) is 14.0 Å². The smallest absolute Gasteiger partial charge is 0.225 e. The molecule has 0 amide bonds. The monoisotopic (exact) mass is 361 g/mol. The molecule has 3 rings (SSSR count). The zero-order valence-corrected chi connectivity index (χ0v) is 14.4. The number of rotatable bonds is 6. The van der Waals surface area contributed by atoms with Gasteiger partial charge in [-0.05, 0) is 37.1 Å². The number of halogens is 2. The fraction of sp³-hybridized carbons (Fsp3) is 0.389. The molecule has 0 saturated carbocycles. The van der Waals surface area contributed by atoms with E-state index >= 15 is 0 Å². The molecule has 1 aliphatic heterocycles. The van der Waals surface area contributed by atoms with E-state index in [1.165, 1.54) is 24.5 Å². The Bertz CT molecular complexity index is 728. The molecule has 0 atom stereocenters. The van der Waals surface area contributed by atoms with Crippen molar-refractivity contribution in [1.29, 1.82) is 0 Å². The number of benzene rings is 1. The Balaban J connectivity index is 1.43. The predicted octanol–water partition coefficient (Wildman–Crippen LogP) is 2.54. The zero-order chi connectivity index (χ0) is 18.4. The van der Waals surface area contributed by atoms with Crippen molar-refractivity contribution < 1.29 is 14.0 Å². The molecule has 1 fully saturated rings. The second-order valence-corrected chi connectivity index (χ2v) is 6.19. The van der Waals surface area contributed by atoms with Crippen LogP contribution in [0.5, 0.6) is 0 Å². The first-order chi connectivity index (χ1) is 12.7. The molecule has 0 bridgehead atoms. The Labute approximate surface area is 150 Å². The van der Waals surface area contributed by atoms with Gasteiger partial charge in [0.15, 0.2) is 5.82 Å². The molecule has 138 valence electrons. The Morgan fingerprint density at radius 3 is 2.27 bits per heavy atom. The molecular formula is C18H21F2N5O. The van der Waals surface area contributed by atoms with Crippen molar-refractivity contribution >= 4 is 11.7 Å². The average molecular weight is 361 g/mol. The number of piperazine rings is 1. The molecule has 1 saturated heterocycles. The highest BCUT2D eigenvalue weighted by molar-refractivity contribution is 6.00. The van der Waals surface area contributed by atoms with Crippen molar-refractivity contribution in [2.24, 2.45) is 5.16 Å². The largest absolute Gasteiger partial charge is 0.411 e. The van der Waals surface area contributed by atoms with E-state index in [1.54, 1.807) is 12.1 Å². The lowest BCUT2D eigenvalue weighted by molar-refractivity contribution is 0.254. The fourth-order valence-corrected chi connectivity index (χ4v) is 3.00. The van der Waals surface area contributed by atoms with E-state index in [0.717, 1.165) is 44.7 Å². The Hall–Kier alpha value is -2.61. The minimum atomic E-state index is -0.435. The van der Waals surface area contributed by atoms with Crippen LogP contribution in [0.2, 0.25) is 0 Å². The molecule has 8 heteroatoms.